The Morgan fingerprint density at radius 3 is 2.82 bits per heavy atom. The number of likely N-dealkylation sites (N-methyl/N-ethyl adjacent to an activating group) is 1. The van der Waals surface area contributed by atoms with Crippen LogP contribution >= 0.6 is 0 Å². The van der Waals surface area contributed by atoms with Gasteiger partial charge in [-0.3, -0.25) is 5.10 Å². The second kappa shape index (κ2) is 4.84. The van der Waals surface area contributed by atoms with E-state index in [2.05, 4.69) is 15.2 Å². The van der Waals surface area contributed by atoms with Crippen molar-refractivity contribution in [3.63, 3.8) is 0 Å². The Morgan fingerprint density at radius 1 is 1.35 bits per heavy atom. The van der Waals surface area contributed by atoms with Crippen LogP contribution in [0.1, 0.15) is 0 Å². The summed E-state index contributed by atoms with van der Waals surface area (Å²) in [7, 11) is 1.79. The summed E-state index contributed by atoms with van der Waals surface area (Å²) in [5.74, 6) is 1.14. The standard InChI is InChI=1S/C11H14N4O2/c1-15(6-7-16)11-12-10(13-14-11)8-4-2-3-5-9(8)17/h2-5,16-17H,6-7H2,1H3,(H,12,13,14). The molecule has 0 aliphatic carbocycles. The monoisotopic (exact) mass is 234 g/mol. The van der Waals surface area contributed by atoms with E-state index < -0.39 is 0 Å². The first kappa shape index (κ1) is 11.4. The van der Waals surface area contributed by atoms with Crippen LogP contribution in [0.4, 0.5) is 5.95 Å². The molecule has 3 N–H and O–H groups in total. The summed E-state index contributed by atoms with van der Waals surface area (Å²) in [4.78, 5) is 5.97. The summed E-state index contributed by atoms with van der Waals surface area (Å²) in [6.45, 7) is 0.495. The zero-order valence-electron chi connectivity index (χ0n) is 9.46. The van der Waals surface area contributed by atoms with Crippen molar-refractivity contribution < 1.29 is 10.2 Å². The number of aromatic nitrogens is 3. The number of phenolic OH excluding ortho intramolecular Hbond substituents is 1. The summed E-state index contributed by atoms with van der Waals surface area (Å²) in [6.07, 6.45) is 0. The van der Waals surface area contributed by atoms with Crippen LogP contribution in [0.15, 0.2) is 24.3 Å². The number of nitrogens with zero attached hydrogens (tertiary/aromatic N) is 3. The number of H-pyrrole nitrogens is 1. The van der Waals surface area contributed by atoms with Gasteiger partial charge >= 0.3 is 0 Å². The predicted molar refractivity (Wildman–Crippen MR) is 63.8 cm³/mol. The average molecular weight is 234 g/mol. The van der Waals surface area contributed by atoms with Gasteiger partial charge in [-0.2, -0.15) is 4.98 Å². The van der Waals surface area contributed by atoms with Crippen LogP contribution in [0.5, 0.6) is 5.75 Å². The third kappa shape index (κ3) is 2.36. The SMILES string of the molecule is CN(CCO)c1n[nH]c(-c2ccccc2O)n1. The number of anilines is 1. The van der Waals surface area contributed by atoms with Gasteiger partial charge in [0.25, 0.3) is 0 Å². The minimum absolute atomic E-state index is 0.0387. The van der Waals surface area contributed by atoms with E-state index in [1.165, 1.54) is 0 Å². The molecule has 0 saturated heterocycles. The number of hydrogen-bond acceptors (Lipinski definition) is 5. The molecule has 2 rings (SSSR count). The zero-order valence-corrected chi connectivity index (χ0v) is 9.46. The summed E-state index contributed by atoms with van der Waals surface area (Å²) in [6, 6.07) is 6.91. The third-order valence-corrected chi connectivity index (χ3v) is 2.41. The lowest BCUT2D eigenvalue weighted by Crippen LogP contribution is -2.22. The molecule has 2 aromatic rings. The third-order valence-electron chi connectivity index (χ3n) is 2.41. The fraction of sp³-hybridized carbons (Fsp3) is 0.273. The van der Waals surface area contributed by atoms with Crippen LogP contribution in [0.3, 0.4) is 0 Å². The molecule has 1 aromatic heterocycles. The molecule has 6 heteroatoms. The number of para-hydroxylation sites is 1. The minimum Gasteiger partial charge on any atom is -0.507 e. The number of benzene rings is 1. The van der Waals surface area contributed by atoms with Crippen molar-refractivity contribution >= 4 is 5.95 Å². The quantitative estimate of drug-likeness (QED) is 0.721. The maximum Gasteiger partial charge on any atom is 0.244 e. The number of phenols is 1. The van der Waals surface area contributed by atoms with E-state index in [1.807, 2.05) is 6.07 Å². The second-order valence-corrected chi connectivity index (χ2v) is 3.65. The van der Waals surface area contributed by atoms with Crippen molar-refractivity contribution in [2.45, 2.75) is 0 Å². The Balaban J connectivity index is 2.27. The fourth-order valence-corrected chi connectivity index (χ4v) is 1.47. The summed E-state index contributed by atoms with van der Waals surface area (Å²) in [5, 5.41) is 25.3. The minimum atomic E-state index is 0.0387. The van der Waals surface area contributed by atoms with Gasteiger partial charge in [0.1, 0.15) is 5.75 Å². The molecule has 0 aliphatic rings. The first-order valence-electron chi connectivity index (χ1n) is 5.25. The van der Waals surface area contributed by atoms with E-state index in [4.69, 9.17) is 5.11 Å². The fourth-order valence-electron chi connectivity index (χ4n) is 1.47. The summed E-state index contributed by atoms with van der Waals surface area (Å²) >= 11 is 0. The first-order valence-corrected chi connectivity index (χ1v) is 5.25. The van der Waals surface area contributed by atoms with Crippen molar-refractivity contribution in [2.24, 2.45) is 0 Å². The summed E-state index contributed by atoms with van der Waals surface area (Å²) in [5.41, 5.74) is 0.601. The Kier molecular flexibility index (Phi) is 3.24. The zero-order chi connectivity index (χ0) is 12.3. The van der Waals surface area contributed by atoms with Crippen molar-refractivity contribution in [3.05, 3.63) is 24.3 Å². The number of aliphatic hydroxyl groups is 1. The van der Waals surface area contributed by atoms with Crippen LogP contribution in [-0.2, 0) is 0 Å². The Labute approximate surface area is 98.5 Å². The molecular formula is C11H14N4O2. The normalized spacial score (nSPS) is 10.5. The topological polar surface area (TPSA) is 85.3 Å². The molecule has 0 fully saturated rings. The van der Waals surface area contributed by atoms with Gasteiger partial charge in [0.15, 0.2) is 5.82 Å². The molecule has 90 valence electrons. The Hall–Kier alpha value is -2.08. The molecule has 0 atom stereocenters. The molecule has 1 aromatic carbocycles. The smallest absolute Gasteiger partial charge is 0.244 e. The van der Waals surface area contributed by atoms with E-state index in [0.29, 0.717) is 23.9 Å². The molecule has 0 saturated carbocycles. The number of hydrogen-bond donors (Lipinski definition) is 3. The van der Waals surface area contributed by atoms with Crippen LogP contribution in [0.25, 0.3) is 11.4 Å². The molecule has 0 spiro atoms. The lowest BCUT2D eigenvalue weighted by atomic mass is 10.2. The molecule has 0 aliphatic heterocycles. The molecule has 1 heterocycles. The lowest BCUT2D eigenvalue weighted by Gasteiger charge is -2.11. The predicted octanol–water partition coefficient (Wildman–Crippen LogP) is 0.606. The van der Waals surface area contributed by atoms with E-state index >= 15 is 0 Å². The van der Waals surface area contributed by atoms with E-state index in [-0.39, 0.29) is 12.4 Å². The van der Waals surface area contributed by atoms with Gasteiger partial charge in [0.05, 0.1) is 12.2 Å². The Morgan fingerprint density at radius 2 is 2.12 bits per heavy atom. The van der Waals surface area contributed by atoms with Gasteiger partial charge in [0.2, 0.25) is 5.95 Å². The maximum absolute atomic E-state index is 9.67. The maximum atomic E-state index is 9.67. The highest BCUT2D eigenvalue weighted by Crippen LogP contribution is 2.26. The van der Waals surface area contributed by atoms with E-state index in [9.17, 15) is 5.11 Å². The second-order valence-electron chi connectivity index (χ2n) is 3.65. The molecule has 0 unspecified atom stereocenters. The molecule has 6 nitrogen and oxygen atoms in total. The largest absolute Gasteiger partial charge is 0.507 e. The molecule has 0 radical (unpaired) electrons. The van der Waals surface area contributed by atoms with E-state index in [0.717, 1.165) is 0 Å². The molecule has 17 heavy (non-hydrogen) atoms. The number of aliphatic hydroxyl groups excluding tert-OH is 1. The summed E-state index contributed by atoms with van der Waals surface area (Å²) < 4.78 is 0. The molecular weight excluding hydrogens is 220 g/mol. The highest BCUT2D eigenvalue weighted by molar-refractivity contribution is 5.64. The average Bonchev–Trinajstić information content (AvgIpc) is 2.79. The van der Waals surface area contributed by atoms with Crippen LogP contribution in [-0.4, -0.2) is 45.6 Å². The van der Waals surface area contributed by atoms with E-state index in [1.54, 1.807) is 30.1 Å². The van der Waals surface area contributed by atoms with Crippen molar-refractivity contribution in [3.8, 4) is 17.1 Å². The van der Waals surface area contributed by atoms with Gasteiger partial charge in [-0.15, -0.1) is 5.10 Å². The molecule has 0 bridgehead atoms. The van der Waals surface area contributed by atoms with Gasteiger partial charge in [-0.05, 0) is 12.1 Å². The number of aromatic amines is 1. The highest BCUT2D eigenvalue weighted by Gasteiger charge is 2.11. The van der Waals surface area contributed by atoms with Gasteiger partial charge in [0, 0.05) is 13.6 Å². The van der Waals surface area contributed by atoms with Crippen LogP contribution in [0.2, 0.25) is 0 Å². The van der Waals surface area contributed by atoms with Gasteiger partial charge < -0.3 is 15.1 Å². The van der Waals surface area contributed by atoms with Gasteiger partial charge in [-0.25, -0.2) is 0 Å². The first-order chi connectivity index (χ1) is 8.22. The van der Waals surface area contributed by atoms with Crippen molar-refractivity contribution in [1.82, 2.24) is 15.2 Å². The van der Waals surface area contributed by atoms with Crippen molar-refractivity contribution in [1.29, 1.82) is 0 Å². The number of aromatic hydroxyl groups is 1. The highest BCUT2D eigenvalue weighted by atomic mass is 16.3. The van der Waals surface area contributed by atoms with Crippen molar-refractivity contribution in [2.75, 3.05) is 25.1 Å². The number of rotatable bonds is 4. The lowest BCUT2D eigenvalue weighted by molar-refractivity contribution is 0.303. The molecule has 0 amide bonds. The van der Waals surface area contributed by atoms with Gasteiger partial charge in [-0.1, -0.05) is 12.1 Å². The van der Waals surface area contributed by atoms with Crippen LogP contribution in [0, 0.1) is 0 Å². The Bertz CT molecular complexity index is 498. The number of nitrogens with one attached hydrogen (secondary N) is 1. The van der Waals surface area contributed by atoms with Crippen LogP contribution < -0.4 is 4.90 Å².